The number of allylic oxidation sites excluding steroid dienone is 1. The summed E-state index contributed by atoms with van der Waals surface area (Å²) in [6.07, 6.45) is 6.17. The third-order valence-corrected chi connectivity index (χ3v) is 9.01. The zero-order valence-corrected chi connectivity index (χ0v) is 17.5. The number of carbonyl (C=O) groups is 3. The lowest BCUT2D eigenvalue weighted by Gasteiger charge is -2.60. The molecule has 154 valence electrons. The summed E-state index contributed by atoms with van der Waals surface area (Å²) in [6.45, 7) is 4.94. The number of hydrogen-bond donors (Lipinski definition) is 0. The molecule has 0 bridgehead atoms. The van der Waals surface area contributed by atoms with Gasteiger partial charge in [-0.1, -0.05) is 26.3 Å². The maximum absolute atomic E-state index is 12.9. The van der Waals surface area contributed by atoms with E-state index < -0.39 is 29.8 Å². The van der Waals surface area contributed by atoms with Crippen LogP contribution in [0, 0.1) is 34.5 Å². The van der Waals surface area contributed by atoms with Crippen molar-refractivity contribution in [3.05, 3.63) is 11.6 Å². The maximum Gasteiger partial charge on any atom is 0.303 e. The van der Waals surface area contributed by atoms with Crippen LogP contribution in [-0.4, -0.2) is 23.1 Å². The van der Waals surface area contributed by atoms with Crippen LogP contribution in [0.2, 0.25) is 0 Å². The van der Waals surface area contributed by atoms with Gasteiger partial charge in [0.15, 0.2) is 17.2 Å². The van der Waals surface area contributed by atoms with Crippen molar-refractivity contribution < 1.29 is 23.2 Å². The van der Waals surface area contributed by atoms with Crippen LogP contribution in [0.15, 0.2) is 11.6 Å². The Kier molecular flexibility index (Phi) is 3.66. The first-order valence-corrected chi connectivity index (χ1v) is 10.7. The zero-order chi connectivity index (χ0) is 23.0. The molecule has 4 nitrogen and oxygen atoms in total. The van der Waals surface area contributed by atoms with Gasteiger partial charge in [0.25, 0.3) is 0 Å². The monoisotopic (exact) mass is 389 g/mol. The average Bonchev–Trinajstić information content (AvgIpc) is 2.94. The number of rotatable bonds is 2. The summed E-state index contributed by atoms with van der Waals surface area (Å²) in [4.78, 5) is 37.1. The lowest BCUT2D eigenvalue weighted by Crippen LogP contribution is -2.59. The fourth-order valence-corrected chi connectivity index (χ4v) is 7.70. The summed E-state index contributed by atoms with van der Waals surface area (Å²) in [5, 5.41) is 0. The molecule has 0 aromatic rings. The van der Waals surface area contributed by atoms with Gasteiger partial charge in [-0.25, -0.2) is 0 Å². The quantitative estimate of drug-likeness (QED) is 0.645. The van der Waals surface area contributed by atoms with Crippen LogP contribution >= 0.6 is 0 Å². The van der Waals surface area contributed by atoms with Crippen molar-refractivity contribution in [3.8, 4) is 0 Å². The van der Waals surface area contributed by atoms with Crippen molar-refractivity contribution in [3.63, 3.8) is 0 Å². The lowest BCUT2D eigenvalue weighted by molar-refractivity contribution is -0.187. The van der Waals surface area contributed by atoms with Gasteiger partial charge in [-0.05, 0) is 80.6 Å². The van der Waals surface area contributed by atoms with E-state index in [9.17, 15) is 14.4 Å². The van der Waals surface area contributed by atoms with E-state index in [0.29, 0.717) is 25.7 Å². The van der Waals surface area contributed by atoms with Crippen LogP contribution in [0.25, 0.3) is 0 Å². The summed E-state index contributed by atoms with van der Waals surface area (Å²) >= 11 is 0. The molecule has 0 saturated heterocycles. The van der Waals surface area contributed by atoms with Gasteiger partial charge in [0, 0.05) is 22.9 Å². The first kappa shape index (κ1) is 16.4. The van der Waals surface area contributed by atoms with Crippen LogP contribution in [0.3, 0.4) is 0 Å². The predicted octanol–water partition coefficient (Wildman–Crippen LogP) is 4.66. The minimum atomic E-state index is -2.17. The molecule has 4 rings (SSSR count). The third-order valence-electron chi connectivity index (χ3n) is 9.01. The van der Waals surface area contributed by atoms with E-state index >= 15 is 0 Å². The highest BCUT2D eigenvalue weighted by molar-refractivity contribution is 5.92. The largest absolute Gasteiger partial charge is 0.451 e. The highest BCUT2D eigenvalue weighted by Crippen LogP contribution is 2.69. The van der Waals surface area contributed by atoms with Gasteiger partial charge < -0.3 is 4.74 Å². The topological polar surface area (TPSA) is 60.4 Å². The molecule has 0 heterocycles. The second kappa shape index (κ2) is 6.27. The summed E-state index contributed by atoms with van der Waals surface area (Å²) in [5.74, 6) is -0.607. The van der Waals surface area contributed by atoms with Crippen molar-refractivity contribution in [2.24, 2.45) is 34.5 Å². The molecule has 0 aromatic heterocycles. The molecule has 0 N–H and O–H groups in total. The molecule has 28 heavy (non-hydrogen) atoms. The number of fused-ring (bicyclic) bond motifs is 5. The molecule has 4 heteroatoms. The molecule has 0 radical (unpaired) electrons. The Morgan fingerprint density at radius 3 is 2.50 bits per heavy atom. The van der Waals surface area contributed by atoms with E-state index in [-0.39, 0.29) is 34.7 Å². The minimum Gasteiger partial charge on any atom is -0.451 e. The van der Waals surface area contributed by atoms with Crippen molar-refractivity contribution in [2.75, 3.05) is 0 Å². The van der Waals surface area contributed by atoms with Crippen molar-refractivity contribution >= 4 is 17.5 Å². The van der Waals surface area contributed by atoms with Crippen LogP contribution in [0.4, 0.5) is 0 Å². The summed E-state index contributed by atoms with van der Waals surface area (Å²) < 4.78 is 30.5. The van der Waals surface area contributed by atoms with Gasteiger partial charge in [-0.3, -0.25) is 14.4 Å². The van der Waals surface area contributed by atoms with Crippen LogP contribution in [0.5, 0.6) is 0 Å². The molecule has 0 aromatic carbocycles. The van der Waals surface area contributed by atoms with E-state index in [1.807, 2.05) is 0 Å². The molecular formula is C24H34O4. The summed E-state index contributed by atoms with van der Waals surface area (Å²) in [6, 6.07) is 0. The van der Waals surface area contributed by atoms with E-state index in [2.05, 4.69) is 13.8 Å². The minimum absolute atomic E-state index is 0.0344. The number of Topliss-reactive ketones (excluding diaryl/α,β-unsaturated/α-hetero) is 1. The number of hydrogen-bond acceptors (Lipinski definition) is 4. The standard InChI is InChI=1S/C24H34O4/c1-14-12-18-19(22(4)9-6-17(27)13-21(14)22)7-10-23(5)20(18)8-11-24(23,15(2)25)28-16(3)26/h13-14,18-20H,6-12H2,1-5H3/t14-,18-,19+,20+,22-,23+,24+/m1/s1/i1D3. The Balaban J connectivity index is 1.79. The van der Waals surface area contributed by atoms with Crippen molar-refractivity contribution in [2.45, 2.75) is 85.1 Å². The molecule has 0 unspecified atom stereocenters. The number of ether oxygens (including phenoxy) is 1. The van der Waals surface area contributed by atoms with Gasteiger partial charge in [0.1, 0.15) is 0 Å². The first-order valence-electron chi connectivity index (χ1n) is 12.2. The molecule has 3 fully saturated rings. The van der Waals surface area contributed by atoms with Gasteiger partial charge >= 0.3 is 5.97 Å². The van der Waals surface area contributed by atoms with Crippen molar-refractivity contribution in [1.29, 1.82) is 0 Å². The lowest BCUT2D eigenvalue weighted by atomic mass is 9.44. The number of ketones is 2. The van der Waals surface area contributed by atoms with E-state index in [0.717, 1.165) is 24.8 Å². The second-order valence-corrected chi connectivity index (χ2v) is 10.1. The first-order chi connectivity index (χ1) is 14.3. The molecule has 4 aliphatic rings. The summed E-state index contributed by atoms with van der Waals surface area (Å²) in [5.41, 5.74) is -1.10. The van der Waals surface area contributed by atoms with Gasteiger partial charge in [-0.15, -0.1) is 0 Å². The molecule has 0 spiro atoms. The predicted molar refractivity (Wildman–Crippen MR) is 106 cm³/mol. The number of carbonyl (C=O) groups excluding carboxylic acids is 3. The average molecular weight is 390 g/mol. The molecule has 4 aliphatic carbocycles. The fraction of sp³-hybridized carbons (Fsp3) is 0.792. The highest BCUT2D eigenvalue weighted by atomic mass is 16.6. The van der Waals surface area contributed by atoms with Gasteiger partial charge in [-0.2, -0.15) is 0 Å². The number of esters is 1. The second-order valence-electron chi connectivity index (χ2n) is 10.1. The van der Waals surface area contributed by atoms with Gasteiger partial charge in [0.2, 0.25) is 0 Å². The SMILES string of the molecule is [2H]C([2H])([2H])[C@@H]1C[C@@H]2[C@H](CC[C@@]3(C)[C@H]2CC[C@]3(OC(C)=O)C(C)=O)[C@@]2(C)CCC(=O)C=C12. The Hall–Kier alpha value is -1.45. The highest BCUT2D eigenvalue weighted by Gasteiger charge is 2.68. The Morgan fingerprint density at radius 1 is 1.14 bits per heavy atom. The Labute approximate surface area is 172 Å². The molecule has 0 amide bonds. The fourth-order valence-electron chi connectivity index (χ4n) is 7.70. The Bertz CT molecular complexity index is 861. The van der Waals surface area contributed by atoms with Crippen LogP contribution in [0.1, 0.15) is 83.6 Å². The van der Waals surface area contributed by atoms with Crippen molar-refractivity contribution in [1.82, 2.24) is 0 Å². The normalized spacial score (nSPS) is 49.5. The van der Waals surface area contributed by atoms with Gasteiger partial charge in [0.05, 0.1) is 0 Å². The van der Waals surface area contributed by atoms with Crippen LogP contribution in [-0.2, 0) is 19.1 Å². The Morgan fingerprint density at radius 2 is 1.86 bits per heavy atom. The van der Waals surface area contributed by atoms with E-state index in [4.69, 9.17) is 8.85 Å². The smallest absolute Gasteiger partial charge is 0.303 e. The van der Waals surface area contributed by atoms with E-state index in [1.54, 1.807) is 6.08 Å². The molecular weight excluding hydrogens is 352 g/mol. The molecule has 3 saturated carbocycles. The summed E-state index contributed by atoms with van der Waals surface area (Å²) in [7, 11) is 0. The maximum atomic E-state index is 12.9. The molecule has 0 aliphatic heterocycles. The van der Waals surface area contributed by atoms with Crippen LogP contribution < -0.4 is 0 Å². The third kappa shape index (κ3) is 2.45. The zero-order valence-electron chi connectivity index (χ0n) is 20.5. The molecule has 7 atom stereocenters. The van der Waals surface area contributed by atoms with E-state index in [1.165, 1.54) is 13.8 Å².